The van der Waals surface area contributed by atoms with Crippen molar-refractivity contribution in [1.82, 2.24) is 25.1 Å². The number of benzene rings is 3. The van der Waals surface area contributed by atoms with Gasteiger partial charge in [-0.1, -0.05) is 66.2 Å². The number of aryl methyl sites for hydroxylation is 1. The third kappa shape index (κ3) is 4.11. The maximum Gasteiger partial charge on any atom is 0.173 e. The predicted octanol–water partition coefficient (Wildman–Crippen LogP) is 4.32. The van der Waals surface area contributed by atoms with Crippen LogP contribution in [0.2, 0.25) is 0 Å². The summed E-state index contributed by atoms with van der Waals surface area (Å²) in [6, 6.07) is 23.6. The number of rotatable bonds is 5. The zero-order valence-electron chi connectivity index (χ0n) is 17.4. The van der Waals surface area contributed by atoms with E-state index in [1.165, 1.54) is 34.4 Å². The van der Waals surface area contributed by atoms with E-state index in [1.54, 1.807) is 12.1 Å². The summed E-state index contributed by atoms with van der Waals surface area (Å²) < 4.78 is 15.2. The van der Waals surface area contributed by atoms with Gasteiger partial charge in [-0.25, -0.2) is 9.07 Å². The first-order valence-corrected chi connectivity index (χ1v) is 10.6. The Labute approximate surface area is 181 Å². The first kappa shape index (κ1) is 19.6. The summed E-state index contributed by atoms with van der Waals surface area (Å²) in [6.45, 7) is 4.36. The number of fused-ring (bicyclic) bond motifs is 1. The first-order chi connectivity index (χ1) is 15.2. The monoisotopic (exact) mass is 413 g/mol. The number of hydrogen-bond acceptors (Lipinski definition) is 4. The Hall–Kier alpha value is -3.38. The van der Waals surface area contributed by atoms with Gasteiger partial charge >= 0.3 is 0 Å². The fourth-order valence-corrected chi connectivity index (χ4v) is 4.29. The maximum atomic E-state index is 13.3. The van der Waals surface area contributed by atoms with Gasteiger partial charge in [0, 0.05) is 13.1 Å². The zero-order chi connectivity index (χ0) is 21.2. The molecule has 0 bridgehead atoms. The molecule has 1 atom stereocenters. The molecule has 0 unspecified atom stereocenters. The first-order valence-electron chi connectivity index (χ1n) is 10.6. The molecule has 1 aromatic heterocycles. The van der Waals surface area contributed by atoms with E-state index in [4.69, 9.17) is 0 Å². The molecule has 31 heavy (non-hydrogen) atoms. The van der Waals surface area contributed by atoms with Crippen molar-refractivity contribution in [3.8, 4) is 0 Å². The summed E-state index contributed by atoms with van der Waals surface area (Å²) in [7, 11) is 0. The summed E-state index contributed by atoms with van der Waals surface area (Å²) >= 11 is 0. The summed E-state index contributed by atoms with van der Waals surface area (Å²) in [5.41, 5.74) is 6.11. The van der Waals surface area contributed by atoms with E-state index in [9.17, 15) is 4.39 Å². The van der Waals surface area contributed by atoms with Gasteiger partial charge in [-0.3, -0.25) is 4.90 Å². The molecule has 0 aliphatic carbocycles. The average Bonchev–Trinajstić information content (AvgIpc) is 3.24. The normalized spacial score (nSPS) is 14.9. The highest BCUT2D eigenvalue weighted by atomic mass is 19.1. The Morgan fingerprint density at radius 3 is 2.45 bits per heavy atom. The second-order valence-corrected chi connectivity index (χ2v) is 8.12. The van der Waals surface area contributed by atoms with Crippen LogP contribution in [-0.4, -0.2) is 31.7 Å². The molecule has 0 saturated carbocycles. The van der Waals surface area contributed by atoms with Crippen LogP contribution in [-0.2, 0) is 19.5 Å². The van der Waals surface area contributed by atoms with Crippen molar-refractivity contribution in [2.45, 2.75) is 32.5 Å². The van der Waals surface area contributed by atoms with Gasteiger partial charge in [-0.05, 0) is 58.2 Å². The van der Waals surface area contributed by atoms with Crippen LogP contribution in [0.25, 0.3) is 0 Å². The van der Waals surface area contributed by atoms with Gasteiger partial charge < -0.3 is 0 Å². The van der Waals surface area contributed by atoms with Crippen molar-refractivity contribution in [2.24, 2.45) is 0 Å². The highest BCUT2D eigenvalue weighted by molar-refractivity contribution is 5.33. The Bertz CT molecular complexity index is 1170. The van der Waals surface area contributed by atoms with E-state index in [0.717, 1.165) is 30.9 Å². The molecule has 0 amide bonds. The van der Waals surface area contributed by atoms with Crippen LogP contribution in [0, 0.1) is 12.7 Å². The van der Waals surface area contributed by atoms with E-state index < -0.39 is 0 Å². The van der Waals surface area contributed by atoms with Gasteiger partial charge in [0.1, 0.15) is 5.82 Å². The highest BCUT2D eigenvalue weighted by Crippen LogP contribution is 2.32. The fourth-order valence-electron chi connectivity index (χ4n) is 4.29. The topological polar surface area (TPSA) is 46.8 Å². The van der Waals surface area contributed by atoms with E-state index in [1.807, 2.05) is 4.68 Å². The minimum absolute atomic E-state index is 0.0654. The minimum Gasteiger partial charge on any atom is -0.285 e. The largest absolute Gasteiger partial charge is 0.285 e. The van der Waals surface area contributed by atoms with E-state index >= 15 is 0 Å². The van der Waals surface area contributed by atoms with E-state index in [2.05, 4.69) is 75.9 Å². The van der Waals surface area contributed by atoms with Gasteiger partial charge in [0.05, 0.1) is 12.6 Å². The molecule has 6 heteroatoms. The number of tetrazole rings is 1. The van der Waals surface area contributed by atoms with Gasteiger partial charge in [0.25, 0.3) is 0 Å². The number of halogens is 1. The fraction of sp³-hybridized carbons (Fsp3) is 0.240. The molecule has 4 aromatic rings. The third-order valence-electron chi connectivity index (χ3n) is 5.97. The van der Waals surface area contributed by atoms with Crippen molar-refractivity contribution in [3.05, 3.63) is 112 Å². The van der Waals surface area contributed by atoms with Crippen LogP contribution in [0.4, 0.5) is 4.39 Å². The van der Waals surface area contributed by atoms with Gasteiger partial charge in [-0.2, -0.15) is 0 Å². The molecule has 5 nitrogen and oxygen atoms in total. The molecule has 1 aliphatic rings. The summed E-state index contributed by atoms with van der Waals surface area (Å²) in [5.74, 6) is 0.553. The molecule has 3 aromatic carbocycles. The van der Waals surface area contributed by atoms with Crippen LogP contribution in [0.5, 0.6) is 0 Å². The molecule has 0 N–H and O–H groups in total. The van der Waals surface area contributed by atoms with Crippen LogP contribution in [0.15, 0.2) is 72.8 Å². The Morgan fingerprint density at radius 1 is 0.935 bits per heavy atom. The van der Waals surface area contributed by atoms with Crippen molar-refractivity contribution >= 4 is 0 Å². The van der Waals surface area contributed by atoms with Gasteiger partial charge in [0.15, 0.2) is 5.82 Å². The van der Waals surface area contributed by atoms with E-state index in [-0.39, 0.29) is 11.9 Å². The molecular formula is C25H24FN5. The van der Waals surface area contributed by atoms with Crippen LogP contribution in [0.1, 0.15) is 39.7 Å². The smallest absolute Gasteiger partial charge is 0.173 e. The van der Waals surface area contributed by atoms with Gasteiger partial charge in [0.2, 0.25) is 0 Å². The quantitative estimate of drug-likeness (QED) is 0.489. The lowest BCUT2D eigenvalue weighted by molar-refractivity contribution is 0.195. The lowest BCUT2D eigenvalue weighted by Crippen LogP contribution is -2.36. The molecule has 5 rings (SSSR count). The summed E-state index contributed by atoms with van der Waals surface area (Å²) in [4.78, 5) is 2.44. The standard InChI is InChI=1S/C25H24FN5/c1-18-6-10-21(11-7-18)24(30-15-14-20-4-2-3-5-22(20)17-30)25-27-28-29-31(25)16-19-8-12-23(26)13-9-19/h2-13,24H,14-17H2,1H3/t24-/m1/s1. The predicted molar refractivity (Wildman–Crippen MR) is 117 cm³/mol. The van der Waals surface area contributed by atoms with Gasteiger partial charge in [-0.15, -0.1) is 5.10 Å². The van der Waals surface area contributed by atoms with Crippen molar-refractivity contribution in [3.63, 3.8) is 0 Å². The highest BCUT2D eigenvalue weighted by Gasteiger charge is 2.30. The molecule has 0 radical (unpaired) electrons. The summed E-state index contributed by atoms with van der Waals surface area (Å²) in [5, 5.41) is 12.7. The Balaban J connectivity index is 1.52. The SMILES string of the molecule is Cc1ccc([C@H](c2nnnn2Cc2ccc(F)cc2)N2CCc3ccccc3C2)cc1. The van der Waals surface area contributed by atoms with Crippen molar-refractivity contribution in [2.75, 3.05) is 6.54 Å². The molecule has 0 saturated heterocycles. The average molecular weight is 414 g/mol. The van der Waals surface area contributed by atoms with Crippen molar-refractivity contribution < 1.29 is 4.39 Å². The second kappa shape index (κ2) is 8.40. The summed E-state index contributed by atoms with van der Waals surface area (Å²) in [6.07, 6.45) is 0.998. The molecule has 0 fully saturated rings. The molecule has 1 aliphatic heterocycles. The third-order valence-corrected chi connectivity index (χ3v) is 5.97. The van der Waals surface area contributed by atoms with Crippen LogP contribution >= 0.6 is 0 Å². The van der Waals surface area contributed by atoms with Crippen LogP contribution in [0.3, 0.4) is 0 Å². The second-order valence-electron chi connectivity index (χ2n) is 8.12. The lowest BCUT2D eigenvalue weighted by atomic mass is 9.95. The Morgan fingerprint density at radius 2 is 1.68 bits per heavy atom. The Kier molecular flexibility index (Phi) is 5.30. The number of aromatic nitrogens is 4. The van der Waals surface area contributed by atoms with Crippen LogP contribution < -0.4 is 0 Å². The minimum atomic E-state index is -0.245. The van der Waals surface area contributed by atoms with E-state index in [0.29, 0.717) is 6.54 Å². The molecule has 2 heterocycles. The number of hydrogen-bond donors (Lipinski definition) is 0. The molecule has 156 valence electrons. The number of nitrogens with zero attached hydrogens (tertiary/aromatic N) is 5. The van der Waals surface area contributed by atoms with Crippen molar-refractivity contribution in [1.29, 1.82) is 0 Å². The lowest BCUT2D eigenvalue weighted by Gasteiger charge is -2.35. The maximum absolute atomic E-state index is 13.3. The zero-order valence-corrected chi connectivity index (χ0v) is 17.4. The molecular weight excluding hydrogens is 389 g/mol. The molecule has 0 spiro atoms.